The maximum absolute atomic E-state index is 13.1. The Balaban J connectivity index is 1.49. The smallest absolute Gasteiger partial charge is 0.209 e. The molecule has 1 atom stereocenters. The third-order valence-electron chi connectivity index (χ3n) is 4.77. The Morgan fingerprint density at radius 1 is 1.13 bits per heavy atom. The van der Waals surface area contributed by atoms with E-state index in [0.717, 1.165) is 32.1 Å². The number of fused-ring (bicyclic) bond motifs is 1. The van der Waals surface area contributed by atoms with E-state index in [0.29, 0.717) is 12.5 Å². The van der Waals surface area contributed by atoms with Crippen LogP contribution in [0.15, 0.2) is 94.0 Å². The first kappa shape index (κ1) is 20.3. The fraction of sp³-hybridized carbons (Fsp3) is 0.0870. The van der Waals surface area contributed by atoms with Gasteiger partial charge in [-0.25, -0.2) is 9.20 Å². The predicted octanol–water partition coefficient (Wildman–Crippen LogP) is 3.78. The molecule has 0 spiro atoms. The van der Waals surface area contributed by atoms with Crippen LogP contribution in [0.25, 0.3) is 10.9 Å². The Kier molecular flexibility index (Phi) is 6.05. The van der Waals surface area contributed by atoms with E-state index in [9.17, 15) is 4.21 Å². The van der Waals surface area contributed by atoms with Crippen molar-refractivity contribution in [2.75, 3.05) is 5.32 Å². The van der Waals surface area contributed by atoms with E-state index in [-0.39, 0.29) is 0 Å². The number of aliphatic imine (C=N–C) groups is 1. The van der Waals surface area contributed by atoms with Crippen LogP contribution in [0, 0.1) is 11.5 Å². The van der Waals surface area contributed by atoms with Crippen LogP contribution in [-0.2, 0) is 24.4 Å². The second-order valence-electron chi connectivity index (χ2n) is 6.78. The molecule has 0 aliphatic heterocycles. The summed E-state index contributed by atoms with van der Waals surface area (Å²) in [6.07, 6.45) is 5.19. The van der Waals surface area contributed by atoms with E-state index >= 15 is 0 Å². The second kappa shape index (κ2) is 9.24. The van der Waals surface area contributed by atoms with E-state index in [4.69, 9.17) is 5.26 Å². The lowest BCUT2D eigenvalue weighted by molar-refractivity contribution is 0.674. The largest absolute Gasteiger partial charge is 0.337 e. The first-order valence-electron chi connectivity index (χ1n) is 9.57. The van der Waals surface area contributed by atoms with Gasteiger partial charge < -0.3 is 9.88 Å². The number of nitrogens with zero attached hydrogens (tertiary/aromatic N) is 4. The molecule has 2 heterocycles. The number of benzene rings is 2. The van der Waals surface area contributed by atoms with Crippen LogP contribution < -0.4 is 10.6 Å². The molecule has 0 fully saturated rings. The average Bonchev–Trinajstić information content (AvgIpc) is 3.15. The summed E-state index contributed by atoms with van der Waals surface area (Å²) in [6.45, 7) is 0.364. The van der Waals surface area contributed by atoms with Gasteiger partial charge in [-0.05, 0) is 42.0 Å². The van der Waals surface area contributed by atoms with Gasteiger partial charge in [-0.2, -0.15) is 5.26 Å². The van der Waals surface area contributed by atoms with Crippen molar-refractivity contribution in [3.63, 3.8) is 0 Å². The lowest BCUT2D eigenvalue weighted by Crippen LogP contribution is -2.26. The van der Waals surface area contributed by atoms with Gasteiger partial charge in [0.25, 0.3) is 0 Å². The van der Waals surface area contributed by atoms with Gasteiger partial charge in [0, 0.05) is 40.9 Å². The SMILES string of the molecule is Cn1c(S(=O)c2ccc(CN=C(NC#N)Nc3ccncc3)cc2)cc2ccccc21. The van der Waals surface area contributed by atoms with Crippen molar-refractivity contribution in [1.29, 1.82) is 5.26 Å². The number of hydrogen-bond acceptors (Lipinski definition) is 4. The van der Waals surface area contributed by atoms with Crippen molar-refractivity contribution in [3.8, 4) is 6.19 Å². The zero-order chi connectivity index (χ0) is 21.6. The fourth-order valence-electron chi connectivity index (χ4n) is 3.19. The number of nitrogens with one attached hydrogen (secondary N) is 2. The van der Waals surface area contributed by atoms with Crippen LogP contribution in [0.3, 0.4) is 0 Å². The lowest BCUT2D eigenvalue weighted by atomic mass is 10.2. The van der Waals surface area contributed by atoms with Gasteiger partial charge in [0.15, 0.2) is 6.19 Å². The third kappa shape index (κ3) is 4.63. The number of nitriles is 1. The van der Waals surface area contributed by atoms with Gasteiger partial charge in [0.05, 0.1) is 6.54 Å². The zero-order valence-electron chi connectivity index (χ0n) is 16.8. The minimum atomic E-state index is -1.29. The summed E-state index contributed by atoms with van der Waals surface area (Å²) in [5.74, 6) is 0.344. The van der Waals surface area contributed by atoms with E-state index in [1.54, 1.807) is 24.5 Å². The molecule has 2 aromatic carbocycles. The number of rotatable bonds is 5. The molecule has 0 bridgehead atoms. The Bertz CT molecular complexity index is 1290. The summed E-state index contributed by atoms with van der Waals surface area (Å²) < 4.78 is 15.1. The molecule has 0 aliphatic rings. The molecule has 2 aromatic heterocycles. The molecule has 154 valence electrons. The molecule has 0 amide bonds. The molecule has 0 aliphatic carbocycles. The van der Waals surface area contributed by atoms with Gasteiger partial charge in [-0.1, -0.05) is 30.3 Å². The Morgan fingerprint density at radius 3 is 2.58 bits per heavy atom. The first-order valence-corrected chi connectivity index (χ1v) is 10.7. The van der Waals surface area contributed by atoms with Crippen molar-refractivity contribution >= 4 is 33.3 Å². The van der Waals surface area contributed by atoms with Crippen LogP contribution in [0.1, 0.15) is 5.56 Å². The number of guanidine groups is 1. The van der Waals surface area contributed by atoms with Gasteiger partial charge in [-0.3, -0.25) is 10.3 Å². The molecule has 4 aromatic rings. The molecule has 0 radical (unpaired) electrons. The van der Waals surface area contributed by atoms with Crippen LogP contribution in [-0.4, -0.2) is 19.7 Å². The number of para-hydroxylation sites is 1. The van der Waals surface area contributed by atoms with Gasteiger partial charge in [0.1, 0.15) is 15.8 Å². The van der Waals surface area contributed by atoms with Gasteiger partial charge in [-0.15, -0.1) is 0 Å². The molecule has 0 saturated heterocycles. The molecular weight excluding hydrogens is 408 g/mol. The van der Waals surface area contributed by atoms with Gasteiger partial charge >= 0.3 is 0 Å². The Hall–Kier alpha value is -3.96. The van der Waals surface area contributed by atoms with E-state index < -0.39 is 10.8 Å². The number of aromatic nitrogens is 2. The van der Waals surface area contributed by atoms with Crippen LogP contribution in [0.5, 0.6) is 0 Å². The van der Waals surface area contributed by atoms with E-state index in [1.165, 1.54) is 0 Å². The van der Waals surface area contributed by atoms with Crippen LogP contribution in [0.4, 0.5) is 5.69 Å². The predicted molar refractivity (Wildman–Crippen MR) is 122 cm³/mol. The van der Waals surface area contributed by atoms with Crippen molar-refractivity contribution in [3.05, 3.63) is 84.7 Å². The number of anilines is 1. The maximum atomic E-state index is 13.1. The molecular formula is C23H20N6OS. The molecule has 8 heteroatoms. The molecule has 4 rings (SSSR count). The summed E-state index contributed by atoms with van der Waals surface area (Å²) in [6, 6.07) is 21.0. The lowest BCUT2D eigenvalue weighted by Gasteiger charge is -2.08. The minimum absolute atomic E-state index is 0.344. The maximum Gasteiger partial charge on any atom is 0.209 e. The highest BCUT2D eigenvalue weighted by molar-refractivity contribution is 7.85. The van der Waals surface area contributed by atoms with Crippen molar-refractivity contribution in [2.24, 2.45) is 12.0 Å². The average molecular weight is 429 g/mol. The highest BCUT2D eigenvalue weighted by atomic mass is 32.2. The zero-order valence-corrected chi connectivity index (χ0v) is 17.6. The Labute approximate surface area is 182 Å². The summed E-state index contributed by atoms with van der Waals surface area (Å²) in [5.41, 5.74) is 2.76. The minimum Gasteiger partial charge on any atom is -0.337 e. The highest BCUT2D eigenvalue weighted by Gasteiger charge is 2.13. The Morgan fingerprint density at radius 2 is 1.87 bits per heavy atom. The molecule has 2 N–H and O–H groups in total. The molecule has 1 unspecified atom stereocenters. The number of aryl methyl sites for hydroxylation is 1. The first-order chi connectivity index (χ1) is 15.2. The van der Waals surface area contributed by atoms with Crippen LogP contribution in [0.2, 0.25) is 0 Å². The normalized spacial score (nSPS) is 12.3. The van der Waals surface area contributed by atoms with Crippen molar-refractivity contribution in [2.45, 2.75) is 16.5 Å². The van der Waals surface area contributed by atoms with Crippen molar-refractivity contribution in [1.82, 2.24) is 14.9 Å². The van der Waals surface area contributed by atoms with Crippen LogP contribution >= 0.6 is 0 Å². The van der Waals surface area contributed by atoms with E-state index in [1.807, 2.05) is 72.4 Å². The summed E-state index contributed by atoms with van der Waals surface area (Å²) in [7, 11) is 0.641. The quantitative estimate of drug-likeness (QED) is 0.218. The standard InChI is InChI=1S/C23H20N6OS/c1-29-21-5-3-2-4-18(21)14-22(29)31(30)20-8-6-17(7-9-20)15-26-23(27-16-24)28-19-10-12-25-13-11-19/h2-14H,15H2,1H3,(H2,25,26,27,28). The summed E-state index contributed by atoms with van der Waals surface area (Å²) in [5, 5.41) is 16.4. The third-order valence-corrected chi connectivity index (χ3v) is 6.24. The number of hydrogen-bond donors (Lipinski definition) is 2. The summed E-state index contributed by atoms with van der Waals surface area (Å²) in [4.78, 5) is 9.11. The molecule has 31 heavy (non-hydrogen) atoms. The monoisotopic (exact) mass is 428 g/mol. The molecule has 7 nitrogen and oxygen atoms in total. The highest BCUT2D eigenvalue weighted by Crippen LogP contribution is 2.24. The number of pyridine rings is 1. The fourth-order valence-corrected chi connectivity index (χ4v) is 4.39. The van der Waals surface area contributed by atoms with Gasteiger partial charge in [0.2, 0.25) is 5.96 Å². The van der Waals surface area contributed by atoms with E-state index in [2.05, 4.69) is 20.6 Å². The van der Waals surface area contributed by atoms with Crippen molar-refractivity contribution < 1.29 is 4.21 Å². The summed E-state index contributed by atoms with van der Waals surface area (Å²) >= 11 is 0. The second-order valence-corrected chi connectivity index (χ2v) is 8.20. The topological polar surface area (TPSA) is 95.1 Å². The molecule has 0 saturated carbocycles.